The minimum Gasteiger partial charge on any atom is -0.366 e. The van der Waals surface area contributed by atoms with Gasteiger partial charge in [-0.25, -0.2) is 9.97 Å². The number of aromatic nitrogens is 2. The van der Waals surface area contributed by atoms with Crippen LogP contribution >= 0.6 is 0 Å². The molecule has 0 saturated carbocycles. The average Bonchev–Trinajstić information content (AvgIpc) is 2.94. The monoisotopic (exact) mass is 247 g/mol. The van der Waals surface area contributed by atoms with Crippen LogP contribution in [0.5, 0.6) is 0 Å². The maximum absolute atomic E-state index is 4.37. The Labute approximate surface area is 108 Å². The third kappa shape index (κ3) is 2.72. The quantitative estimate of drug-likeness (QED) is 0.841. The normalized spacial score (nSPS) is 24.2. The lowest BCUT2D eigenvalue weighted by Gasteiger charge is -2.24. The van der Waals surface area contributed by atoms with Crippen molar-refractivity contribution in [1.82, 2.24) is 15.3 Å². The minimum absolute atomic E-state index is 0.500. The molecule has 1 aromatic rings. The van der Waals surface area contributed by atoms with Crippen LogP contribution < -0.4 is 15.5 Å². The zero-order chi connectivity index (χ0) is 12.2. The summed E-state index contributed by atoms with van der Waals surface area (Å²) >= 11 is 0. The molecule has 3 rings (SSSR count). The lowest BCUT2D eigenvalue weighted by Crippen LogP contribution is -2.38. The fourth-order valence-electron chi connectivity index (χ4n) is 2.73. The summed E-state index contributed by atoms with van der Waals surface area (Å²) in [6, 6.07) is 2.58. The van der Waals surface area contributed by atoms with E-state index in [2.05, 4.69) is 31.6 Å². The van der Waals surface area contributed by atoms with Crippen LogP contribution in [0.2, 0.25) is 0 Å². The predicted molar refractivity (Wildman–Crippen MR) is 73.0 cm³/mol. The van der Waals surface area contributed by atoms with Crippen LogP contribution in [0.3, 0.4) is 0 Å². The number of hydrogen-bond acceptors (Lipinski definition) is 5. The van der Waals surface area contributed by atoms with Crippen molar-refractivity contribution in [3.8, 4) is 0 Å². The number of nitrogens with one attached hydrogen (secondary N) is 2. The molecule has 5 heteroatoms. The number of piperidine rings is 1. The number of hydrogen-bond donors (Lipinski definition) is 2. The minimum atomic E-state index is 0.500. The Morgan fingerprint density at radius 1 is 1.22 bits per heavy atom. The Morgan fingerprint density at radius 3 is 2.89 bits per heavy atom. The molecule has 5 nitrogen and oxygen atoms in total. The molecule has 98 valence electrons. The molecule has 0 spiro atoms. The molecule has 0 aromatic carbocycles. The van der Waals surface area contributed by atoms with Crippen LogP contribution in [-0.2, 0) is 0 Å². The molecule has 1 unspecified atom stereocenters. The molecule has 2 aliphatic rings. The van der Waals surface area contributed by atoms with E-state index in [-0.39, 0.29) is 0 Å². The highest BCUT2D eigenvalue weighted by Gasteiger charge is 2.16. The van der Waals surface area contributed by atoms with E-state index in [4.69, 9.17) is 0 Å². The molecule has 2 aliphatic heterocycles. The molecule has 0 radical (unpaired) electrons. The molecule has 2 N–H and O–H groups in total. The van der Waals surface area contributed by atoms with E-state index in [1.807, 2.05) is 0 Å². The molecule has 0 aliphatic carbocycles. The molecule has 3 heterocycles. The van der Waals surface area contributed by atoms with Gasteiger partial charge >= 0.3 is 0 Å². The highest BCUT2D eigenvalue weighted by molar-refractivity contribution is 5.49. The molecular weight excluding hydrogens is 226 g/mol. The van der Waals surface area contributed by atoms with E-state index >= 15 is 0 Å². The fraction of sp³-hybridized carbons (Fsp3) is 0.692. The molecular formula is C13H21N5. The third-order valence-corrected chi connectivity index (χ3v) is 3.73. The van der Waals surface area contributed by atoms with Gasteiger partial charge in [-0.1, -0.05) is 0 Å². The first-order chi connectivity index (χ1) is 8.92. The number of rotatable bonds is 3. The SMILES string of the molecule is c1nc(NC2CCCNC2)cc(N2CCCC2)n1. The van der Waals surface area contributed by atoms with Crippen molar-refractivity contribution in [1.29, 1.82) is 0 Å². The van der Waals surface area contributed by atoms with E-state index in [1.54, 1.807) is 6.33 Å². The van der Waals surface area contributed by atoms with Gasteiger partial charge in [-0.3, -0.25) is 0 Å². The molecule has 2 fully saturated rings. The van der Waals surface area contributed by atoms with Crippen molar-refractivity contribution in [3.05, 3.63) is 12.4 Å². The van der Waals surface area contributed by atoms with Gasteiger partial charge in [-0.15, -0.1) is 0 Å². The Kier molecular flexibility index (Phi) is 3.59. The molecule has 0 bridgehead atoms. The van der Waals surface area contributed by atoms with Gasteiger partial charge < -0.3 is 15.5 Å². The van der Waals surface area contributed by atoms with Crippen LogP contribution in [0.25, 0.3) is 0 Å². The van der Waals surface area contributed by atoms with E-state index < -0.39 is 0 Å². The lowest BCUT2D eigenvalue weighted by atomic mass is 10.1. The first kappa shape index (κ1) is 11.7. The van der Waals surface area contributed by atoms with E-state index in [0.29, 0.717) is 6.04 Å². The smallest absolute Gasteiger partial charge is 0.134 e. The van der Waals surface area contributed by atoms with Crippen molar-refractivity contribution >= 4 is 11.6 Å². The molecule has 2 saturated heterocycles. The Balaban J connectivity index is 1.66. The van der Waals surface area contributed by atoms with Gasteiger partial charge in [-0.2, -0.15) is 0 Å². The second kappa shape index (κ2) is 5.52. The van der Waals surface area contributed by atoms with Crippen molar-refractivity contribution in [3.63, 3.8) is 0 Å². The van der Waals surface area contributed by atoms with Gasteiger partial charge in [0.25, 0.3) is 0 Å². The maximum Gasteiger partial charge on any atom is 0.134 e. The summed E-state index contributed by atoms with van der Waals surface area (Å²) in [7, 11) is 0. The zero-order valence-corrected chi connectivity index (χ0v) is 10.7. The van der Waals surface area contributed by atoms with Gasteiger partial charge in [0, 0.05) is 31.7 Å². The Morgan fingerprint density at radius 2 is 2.11 bits per heavy atom. The summed E-state index contributed by atoms with van der Waals surface area (Å²) in [5.74, 6) is 2.02. The van der Waals surface area contributed by atoms with Crippen molar-refractivity contribution in [2.24, 2.45) is 0 Å². The highest BCUT2D eigenvalue weighted by Crippen LogP contribution is 2.20. The van der Waals surface area contributed by atoms with Crippen LogP contribution in [0.4, 0.5) is 11.6 Å². The van der Waals surface area contributed by atoms with E-state index in [1.165, 1.54) is 25.7 Å². The number of nitrogens with zero attached hydrogens (tertiary/aromatic N) is 3. The fourth-order valence-corrected chi connectivity index (χ4v) is 2.73. The van der Waals surface area contributed by atoms with Gasteiger partial charge in [0.15, 0.2) is 0 Å². The molecule has 0 amide bonds. The topological polar surface area (TPSA) is 53.1 Å². The summed E-state index contributed by atoms with van der Waals surface area (Å²) in [4.78, 5) is 11.0. The van der Waals surface area contributed by atoms with Crippen molar-refractivity contribution < 1.29 is 0 Å². The van der Waals surface area contributed by atoms with E-state index in [9.17, 15) is 0 Å². The summed E-state index contributed by atoms with van der Waals surface area (Å²) in [6.07, 6.45) is 6.68. The number of anilines is 2. The molecule has 1 aromatic heterocycles. The highest BCUT2D eigenvalue weighted by atomic mass is 15.2. The Bertz CT molecular complexity index is 383. The first-order valence-corrected chi connectivity index (χ1v) is 6.96. The van der Waals surface area contributed by atoms with Crippen LogP contribution in [0, 0.1) is 0 Å². The van der Waals surface area contributed by atoms with Gasteiger partial charge in [0.2, 0.25) is 0 Å². The zero-order valence-electron chi connectivity index (χ0n) is 10.7. The lowest BCUT2D eigenvalue weighted by molar-refractivity contribution is 0.479. The summed E-state index contributed by atoms with van der Waals surface area (Å²) in [5, 5.41) is 6.91. The third-order valence-electron chi connectivity index (χ3n) is 3.73. The van der Waals surface area contributed by atoms with E-state index in [0.717, 1.165) is 37.8 Å². The summed E-state index contributed by atoms with van der Waals surface area (Å²) in [5.41, 5.74) is 0. The summed E-state index contributed by atoms with van der Waals surface area (Å²) < 4.78 is 0. The molecule has 1 atom stereocenters. The Hall–Kier alpha value is -1.36. The largest absolute Gasteiger partial charge is 0.366 e. The van der Waals surface area contributed by atoms with Crippen molar-refractivity contribution in [2.75, 3.05) is 36.4 Å². The van der Waals surface area contributed by atoms with Gasteiger partial charge in [-0.05, 0) is 32.2 Å². The standard InChI is InChI=1S/C13H21N5/c1-2-7-18(6-1)13-8-12(15-10-16-13)17-11-4-3-5-14-9-11/h8,10-11,14H,1-7,9H2,(H,15,16,17). The van der Waals surface area contributed by atoms with Crippen LogP contribution in [0.1, 0.15) is 25.7 Å². The second-order valence-corrected chi connectivity index (χ2v) is 5.14. The van der Waals surface area contributed by atoms with Crippen molar-refractivity contribution in [2.45, 2.75) is 31.7 Å². The van der Waals surface area contributed by atoms with Gasteiger partial charge in [0.1, 0.15) is 18.0 Å². The van der Waals surface area contributed by atoms with Gasteiger partial charge in [0.05, 0.1) is 0 Å². The predicted octanol–water partition coefficient (Wildman–Crippen LogP) is 1.24. The maximum atomic E-state index is 4.37. The second-order valence-electron chi connectivity index (χ2n) is 5.14. The average molecular weight is 247 g/mol. The molecule has 18 heavy (non-hydrogen) atoms. The summed E-state index contributed by atoms with van der Waals surface area (Å²) in [6.45, 7) is 4.42. The first-order valence-electron chi connectivity index (χ1n) is 6.96. The van der Waals surface area contributed by atoms with Crippen LogP contribution in [0.15, 0.2) is 12.4 Å². The van der Waals surface area contributed by atoms with Crippen LogP contribution in [-0.4, -0.2) is 42.2 Å².